The minimum absolute atomic E-state index is 0.129. The predicted molar refractivity (Wildman–Crippen MR) is 116 cm³/mol. The fourth-order valence-corrected chi connectivity index (χ4v) is 5.13. The molecule has 0 aliphatic carbocycles. The van der Waals surface area contributed by atoms with Gasteiger partial charge in [-0.25, -0.2) is 0 Å². The maximum atomic E-state index is 13.2. The van der Waals surface area contributed by atoms with Gasteiger partial charge in [0.1, 0.15) is 11.5 Å². The van der Waals surface area contributed by atoms with Crippen molar-refractivity contribution in [1.82, 2.24) is 9.80 Å². The Morgan fingerprint density at radius 3 is 2.50 bits per heavy atom. The monoisotopic (exact) mass is 406 g/mol. The maximum Gasteiger partial charge on any atom is 0.253 e. The van der Waals surface area contributed by atoms with Gasteiger partial charge in [-0.3, -0.25) is 9.69 Å². The van der Waals surface area contributed by atoms with Crippen molar-refractivity contribution < 1.29 is 14.3 Å². The summed E-state index contributed by atoms with van der Waals surface area (Å²) in [5.74, 6) is 1.67. The number of carbonyl (C=O) groups excluding carboxylic acids is 1. The Morgan fingerprint density at radius 2 is 1.80 bits per heavy atom. The number of para-hydroxylation sites is 1. The second-order valence-corrected chi connectivity index (χ2v) is 8.83. The predicted octanol–water partition coefficient (Wildman–Crippen LogP) is 4.34. The normalized spacial score (nSPS) is 26.5. The summed E-state index contributed by atoms with van der Waals surface area (Å²) in [5.41, 5.74) is 0.897. The van der Waals surface area contributed by atoms with E-state index in [-0.39, 0.29) is 11.4 Å². The van der Waals surface area contributed by atoms with Crippen LogP contribution in [0.2, 0.25) is 0 Å². The SMILES string of the molecule is O=C(c1ccc(Oc2ccccc2)cc1)N1CCC[C@]2(CCN2C[C@@H]2CCCO2)C1. The fourth-order valence-electron chi connectivity index (χ4n) is 5.13. The largest absolute Gasteiger partial charge is 0.457 e. The first-order chi connectivity index (χ1) is 14.7. The van der Waals surface area contributed by atoms with Gasteiger partial charge in [-0.05, 0) is 68.5 Å². The van der Waals surface area contributed by atoms with Crippen molar-refractivity contribution in [3.05, 3.63) is 60.2 Å². The molecule has 30 heavy (non-hydrogen) atoms. The van der Waals surface area contributed by atoms with Gasteiger partial charge in [0.25, 0.3) is 5.91 Å². The smallest absolute Gasteiger partial charge is 0.253 e. The molecule has 3 heterocycles. The molecular weight excluding hydrogens is 376 g/mol. The van der Waals surface area contributed by atoms with Crippen molar-refractivity contribution in [2.75, 3.05) is 32.8 Å². The molecule has 2 aromatic carbocycles. The lowest BCUT2D eigenvalue weighted by molar-refractivity contribution is -0.0806. The van der Waals surface area contributed by atoms with E-state index in [1.165, 1.54) is 25.7 Å². The van der Waals surface area contributed by atoms with Crippen LogP contribution in [0.5, 0.6) is 11.5 Å². The zero-order chi connectivity index (χ0) is 20.4. The summed E-state index contributed by atoms with van der Waals surface area (Å²) in [6.07, 6.45) is 6.18. The number of likely N-dealkylation sites (tertiary alicyclic amines) is 2. The fraction of sp³-hybridized carbons (Fsp3) is 0.480. The van der Waals surface area contributed by atoms with Crippen LogP contribution in [-0.4, -0.2) is 60.1 Å². The number of amides is 1. The number of rotatable bonds is 5. The van der Waals surface area contributed by atoms with E-state index in [1.54, 1.807) is 0 Å². The third kappa shape index (κ3) is 3.96. The highest BCUT2D eigenvalue weighted by atomic mass is 16.5. The molecule has 3 aliphatic rings. The van der Waals surface area contributed by atoms with Crippen molar-refractivity contribution in [2.45, 2.75) is 43.7 Å². The maximum absolute atomic E-state index is 13.2. The van der Waals surface area contributed by atoms with E-state index >= 15 is 0 Å². The molecule has 2 aromatic rings. The van der Waals surface area contributed by atoms with Gasteiger partial charge in [-0.15, -0.1) is 0 Å². The number of nitrogens with zero attached hydrogens (tertiary/aromatic N) is 2. The molecule has 1 spiro atoms. The van der Waals surface area contributed by atoms with Crippen LogP contribution < -0.4 is 4.74 Å². The number of hydrogen-bond donors (Lipinski definition) is 0. The Labute approximate surface area is 178 Å². The van der Waals surface area contributed by atoms with E-state index in [2.05, 4.69) is 9.80 Å². The van der Waals surface area contributed by atoms with Crippen LogP contribution in [0, 0.1) is 0 Å². The standard InChI is InChI=1S/C25H30N2O3/c28-24(20-9-11-22(12-10-20)30-21-6-2-1-3-7-21)26-15-5-13-25(19-26)14-16-27(25)18-23-8-4-17-29-23/h1-3,6-7,9-12,23H,4-5,8,13-19H2/t23-,25-/m0/s1. The zero-order valence-corrected chi connectivity index (χ0v) is 17.5. The van der Waals surface area contributed by atoms with Crippen LogP contribution in [0.1, 0.15) is 42.5 Å². The number of benzene rings is 2. The highest BCUT2D eigenvalue weighted by Crippen LogP contribution is 2.39. The average molecular weight is 407 g/mol. The number of ether oxygens (including phenoxy) is 2. The van der Waals surface area contributed by atoms with E-state index in [4.69, 9.17) is 9.47 Å². The van der Waals surface area contributed by atoms with Crippen LogP contribution >= 0.6 is 0 Å². The summed E-state index contributed by atoms with van der Waals surface area (Å²) in [6.45, 7) is 4.73. The molecule has 2 atom stereocenters. The molecule has 3 aliphatic heterocycles. The number of hydrogen-bond acceptors (Lipinski definition) is 4. The molecule has 1 amide bonds. The molecule has 5 heteroatoms. The summed E-state index contributed by atoms with van der Waals surface area (Å²) >= 11 is 0. The van der Waals surface area contributed by atoms with Gasteiger partial charge in [-0.2, -0.15) is 0 Å². The number of carbonyl (C=O) groups is 1. The molecule has 3 fully saturated rings. The molecule has 5 nitrogen and oxygen atoms in total. The third-order valence-corrected chi connectivity index (χ3v) is 6.89. The first-order valence-corrected chi connectivity index (χ1v) is 11.2. The Kier molecular flexibility index (Phi) is 5.48. The van der Waals surface area contributed by atoms with Crippen molar-refractivity contribution >= 4 is 5.91 Å². The second-order valence-electron chi connectivity index (χ2n) is 8.83. The first kappa shape index (κ1) is 19.6. The minimum Gasteiger partial charge on any atom is -0.457 e. The summed E-state index contributed by atoms with van der Waals surface area (Å²) in [4.78, 5) is 17.8. The minimum atomic E-state index is 0.129. The zero-order valence-electron chi connectivity index (χ0n) is 17.5. The third-order valence-electron chi connectivity index (χ3n) is 6.89. The number of piperidine rings is 1. The van der Waals surface area contributed by atoms with Crippen molar-refractivity contribution in [2.24, 2.45) is 0 Å². The van der Waals surface area contributed by atoms with Gasteiger partial charge < -0.3 is 14.4 Å². The second kappa shape index (κ2) is 8.40. The molecule has 3 saturated heterocycles. The van der Waals surface area contributed by atoms with Crippen molar-refractivity contribution in [3.8, 4) is 11.5 Å². The highest BCUT2D eigenvalue weighted by molar-refractivity contribution is 5.94. The van der Waals surface area contributed by atoms with Gasteiger partial charge >= 0.3 is 0 Å². The Morgan fingerprint density at radius 1 is 1.00 bits per heavy atom. The lowest BCUT2D eigenvalue weighted by Crippen LogP contribution is -2.68. The lowest BCUT2D eigenvalue weighted by Gasteiger charge is -2.57. The van der Waals surface area contributed by atoms with E-state index in [0.29, 0.717) is 6.10 Å². The van der Waals surface area contributed by atoms with Crippen LogP contribution in [0.3, 0.4) is 0 Å². The van der Waals surface area contributed by atoms with Gasteiger partial charge in [0, 0.05) is 43.9 Å². The first-order valence-electron chi connectivity index (χ1n) is 11.2. The molecule has 0 N–H and O–H groups in total. The van der Waals surface area contributed by atoms with Gasteiger partial charge in [0.15, 0.2) is 0 Å². The van der Waals surface area contributed by atoms with Crippen LogP contribution in [0.15, 0.2) is 54.6 Å². The topological polar surface area (TPSA) is 42.0 Å². The van der Waals surface area contributed by atoms with Crippen molar-refractivity contribution in [3.63, 3.8) is 0 Å². The Balaban J connectivity index is 1.22. The summed E-state index contributed by atoms with van der Waals surface area (Å²) < 4.78 is 11.7. The molecule has 0 bridgehead atoms. The lowest BCUT2D eigenvalue weighted by atomic mass is 9.77. The summed E-state index contributed by atoms with van der Waals surface area (Å²) in [6, 6.07) is 17.2. The van der Waals surface area contributed by atoms with Crippen LogP contribution in [0.4, 0.5) is 0 Å². The molecule has 5 rings (SSSR count). The molecule has 0 saturated carbocycles. The quantitative estimate of drug-likeness (QED) is 0.741. The molecule has 0 radical (unpaired) electrons. The average Bonchev–Trinajstić information content (AvgIpc) is 3.31. The van der Waals surface area contributed by atoms with Crippen molar-refractivity contribution in [1.29, 1.82) is 0 Å². The molecule has 0 aromatic heterocycles. The van der Waals surface area contributed by atoms with Gasteiger partial charge in [-0.1, -0.05) is 18.2 Å². The molecular formula is C25H30N2O3. The summed E-state index contributed by atoms with van der Waals surface area (Å²) in [5, 5.41) is 0. The molecule has 158 valence electrons. The van der Waals surface area contributed by atoms with Crippen LogP contribution in [0.25, 0.3) is 0 Å². The Hall–Kier alpha value is -2.37. The van der Waals surface area contributed by atoms with Crippen LogP contribution in [-0.2, 0) is 4.74 Å². The van der Waals surface area contributed by atoms with E-state index in [1.807, 2.05) is 54.6 Å². The highest BCUT2D eigenvalue weighted by Gasteiger charge is 2.48. The Bertz CT molecular complexity index is 864. The van der Waals surface area contributed by atoms with Gasteiger partial charge in [0.05, 0.1) is 6.10 Å². The van der Waals surface area contributed by atoms with E-state index < -0.39 is 0 Å². The summed E-state index contributed by atoms with van der Waals surface area (Å²) in [7, 11) is 0. The van der Waals surface area contributed by atoms with Gasteiger partial charge in [0.2, 0.25) is 0 Å². The van der Waals surface area contributed by atoms with E-state index in [9.17, 15) is 4.79 Å². The molecule has 0 unspecified atom stereocenters. The van der Waals surface area contributed by atoms with E-state index in [0.717, 1.165) is 56.3 Å².